The molecule has 53 heavy (non-hydrogen) atoms. The average Bonchev–Trinajstić information content (AvgIpc) is 3.75. The van der Waals surface area contributed by atoms with Crippen molar-refractivity contribution in [3.8, 4) is 11.1 Å². The van der Waals surface area contributed by atoms with E-state index in [0.29, 0.717) is 12.5 Å². The molecule has 0 bridgehead atoms. The SMILES string of the molecule is C=CCN(C[C@H]1C[C@@H](c2ccc(CO)cc2)O[C@@H](c2ccc(-c3cccc(CNC(=O)N[C@@H](Cc4ccccc4)C(=O)OC)c3)cc2)O1)C1CCCC1. The summed E-state index contributed by atoms with van der Waals surface area (Å²) >= 11 is 0. The quantitative estimate of drug-likeness (QED) is 0.0869. The molecule has 1 saturated heterocycles. The first kappa shape index (κ1) is 37.9. The first-order chi connectivity index (χ1) is 25.9. The third-order valence-corrected chi connectivity index (χ3v) is 10.2. The highest BCUT2D eigenvalue weighted by atomic mass is 16.7. The first-order valence-electron chi connectivity index (χ1n) is 18.6. The molecule has 0 radical (unpaired) electrons. The predicted molar refractivity (Wildman–Crippen MR) is 206 cm³/mol. The zero-order chi connectivity index (χ0) is 37.0. The number of benzene rings is 4. The molecule has 278 valence electrons. The van der Waals surface area contributed by atoms with E-state index in [4.69, 9.17) is 14.2 Å². The number of aliphatic hydroxyl groups excluding tert-OH is 1. The summed E-state index contributed by atoms with van der Waals surface area (Å²) in [7, 11) is 1.32. The summed E-state index contributed by atoms with van der Waals surface area (Å²) in [5, 5.41) is 15.2. The monoisotopic (exact) mass is 717 g/mol. The molecular formula is C44H51N3O6. The Morgan fingerprint density at radius 3 is 2.30 bits per heavy atom. The van der Waals surface area contributed by atoms with Crippen LogP contribution in [0.4, 0.5) is 4.79 Å². The molecule has 1 heterocycles. The van der Waals surface area contributed by atoms with Gasteiger partial charge in [0.2, 0.25) is 0 Å². The van der Waals surface area contributed by atoms with Gasteiger partial charge in [-0.3, -0.25) is 4.90 Å². The molecule has 4 aromatic carbocycles. The topological polar surface area (TPSA) is 109 Å². The molecule has 0 unspecified atom stereocenters. The van der Waals surface area contributed by atoms with Crippen molar-refractivity contribution in [3.63, 3.8) is 0 Å². The Bertz CT molecular complexity index is 1780. The second kappa shape index (κ2) is 18.8. The van der Waals surface area contributed by atoms with Crippen LogP contribution in [0.5, 0.6) is 0 Å². The van der Waals surface area contributed by atoms with E-state index in [1.807, 2.05) is 84.9 Å². The Balaban J connectivity index is 1.12. The van der Waals surface area contributed by atoms with Gasteiger partial charge in [-0.15, -0.1) is 6.58 Å². The predicted octanol–water partition coefficient (Wildman–Crippen LogP) is 7.41. The fourth-order valence-corrected chi connectivity index (χ4v) is 7.37. The van der Waals surface area contributed by atoms with Gasteiger partial charge < -0.3 is 30.0 Å². The molecule has 0 aromatic heterocycles. The van der Waals surface area contributed by atoms with Gasteiger partial charge in [-0.05, 0) is 52.3 Å². The molecule has 2 fully saturated rings. The summed E-state index contributed by atoms with van der Waals surface area (Å²) in [6.07, 6.45) is 7.30. The molecule has 0 spiro atoms. The number of hydrogen-bond donors (Lipinski definition) is 3. The van der Waals surface area contributed by atoms with Crippen LogP contribution in [0.3, 0.4) is 0 Å². The molecule has 1 saturated carbocycles. The maximum Gasteiger partial charge on any atom is 0.328 e. The highest BCUT2D eigenvalue weighted by Crippen LogP contribution is 2.39. The summed E-state index contributed by atoms with van der Waals surface area (Å²) in [6, 6.07) is 33.1. The number of ether oxygens (including phenoxy) is 3. The van der Waals surface area contributed by atoms with Crippen LogP contribution in [0.1, 0.15) is 72.3 Å². The van der Waals surface area contributed by atoms with Crippen molar-refractivity contribution in [1.29, 1.82) is 0 Å². The zero-order valence-corrected chi connectivity index (χ0v) is 30.5. The number of hydrogen-bond acceptors (Lipinski definition) is 7. The van der Waals surface area contributed by atoms with Gasteiger partial charge in [0.1, 0.15) is 6.04 Å². The fraction of sp³-hybridized carbons (Fsp3) is 0.364. The molecule has 1 aliphatic carbocycles. The van der Waals surface area contributed by atoms with E-state index in [0.717, 1.165) is 58.5 Å². The van der Waals surface area contributed by atoms with Gasteiger partial charge in [-0.25, -0.2) is 9.59 Å². The van der Waals surface area contributed by atoms with E-state index in [1.165, 1.54) is 32.8 Å². The number of methoxy groups -OCH3 is 1. The van der Waals surface area contributed by atoms with Gasteiger partial charge in [0.15, 0.2) is 6.29 Å². The Morgan fingerprint density at radius 2 is 1.60 bits per heavy atom. The highest BCUT2D eigenvalue weighted by molar-refractivity contribution is 5.83. The average molecular weight is 718 g/mol. The maximum absolute atomic E-state index is 12.8. The van der Waals surface area contributed by atoms with Crippen molar-refractivity contribution >= 4 is 12.0 Å². The van der Waals surface area contributed by atoms with Crippen LogP contribution in [0.2, 0.25) is 0 Å². The van der Waals surface area contributed by atoms with Crippen molar-refractivity contribution in [2.24, 2.45) is 0 Å². The number of esters is 1. The number of nitrogens with zero attached hydrogens (tertiary/aromatic N) is 1. The largest absolute Gasteiger partial charge is 0.467 e. The van der Waals surface area contributed by atoms with Crippen LogP contribution in [-0.2, 0) is 38.6 Å². The Hall–Kier alpha value is -4.80. The van der Waals surface area contributed by atoms with E-state index < -0.39 is 24.3 Å². The maximum atomic E-state index is 12.8. The number of aliphatic hydroxyl groups is 1. The third kappa shape index (κ3) is 10.4. The lowest BCUT2D eigenvalue weighted by atomic mass is 9.98. The molecule has 9 nitrogen and oxygen atoms in total. The van der Waals surface area contributed by atoms with Crippen molar-refractivity contribution in [3.05, 3.63) is 144 Å². The smallest absolute Gasteiger partial charge is 0.328 e. The molecule has 4 atom stereocenters. The van der Waals surface area contributed by atoms with Crippen LogP contribution >= 0.6 is 0 Å². The summed E-state index contributed by atoms with van der Waals surface area (Å²) in [5.74, 6) is -0.500. The summed E-state index contributed by atoms with van der Waals surface area (Å²) in [6.45, 7) is 5.97. The highest BCUT2D eigenvalue weighted by Gasteiger charge is 2.34. The van der Waals surface area contributed by atoms with Crippen molar-refractivity contribution in [2.45, 2.75) is 82.3 Å². The van der Waals surface area contributed by atoms with Crippen LogP contribution < -0.4 is 10.6 Å². The lowest BCUT2D eigenvalue weighted by molar-refractivity contribution is -0.253. The van der Waals surface area contributed by atoms with Gasteiger partial charge in [0, 0.05) is 44.1 Å². The molecule has 1 aliphatic heterocycles. The van der Waals surface area contributed by atoms with Crippen LogP contribution in [-0.4, -0.2) is 60.4 Å². The van der Waals surface area contributed by atoms with Gasteiger partial charge in [0.05, 0.1) is 25.9 Å². The summed E-state index contributed by atoms with van der Waals surface area (Å²) in [4.78, 5) is 27.8. The van der Waals surface area contributed by atoms with E-state index in [9.17, 15) is 14.7 Å². The summed E-state index contributed by atoms with van der Waals surface area (Å²) < 4.78 is 18.3. The minimum atomic E-state index is -0.805. The van der Waals surface area contributed by atoms with Gasteiger partial charge in [-0.2, -0.15) is 0 Å². The summed E-state index contributed by atoms with van der Waals surface area (Å²) in [5.41, 5.74) is 6.76. The van der Waals surface area contributed by atoms with Crippen LogP contribution in [0.15, 0.2) is 116 Å². The molecule has 6 rings (SSSR count). The number of rotatable bonds is 15. The van der Waals surface area contributed by atoms with E-state index in [-0.39, 0.29) is 25.4 Å². The Morgan fingerprint density at radius 1 is 0.887 bits per heavy atom. The second-order valence-corrected chi connectivity index (χ2v) is 13.9. The molecule has 2 amide bonds. The lowest BCUT2D eigenvalue weighted by Crippen LogP contribution is -2.47. The minimum absolute atomic E-state index is 0.00578. The molecule has 9 heteroatoms. The van der Waals surface area contributed by atoms with Crippen molar-refractivity contribution < 1.29 is 28.9 Å². The zero-order valence-electron chi connectivity index (χ0n) is 30.5. The Labute approximate surface area is 313 Å². The number of urea groups is 1. The second-order valence-electron chi connectivity index (χ2n) is 13.9. The van der Waals surface area contributed by atoms with E-state index in [2.05, 4.69) is 46.4 Å². The number of carbonyl (C=O) groups is 2. The van der Waals surface area contributed by atoms with Crippen molar-refractivity contribution in [2.75, 3.05) is 20.2 Å². The van der Waals surface area contributed by atoms with E-state index in [1.54, 1.807) is 0 Å². The van der Waals surface area contributed by atoms with Crippen molar-refractivity contribution in [1.82, 2.24) is 15.5 Å². The standard InChI is InChI=1S/C44H51N3O6/c1-3-24-47(38-14-7-8-15-38)29-39-27-41(35-18-16-32(30-48)17-19-35)53-43(52-39)36-22-20-34(21-23-36)37-13-9-12-33(25-37)28-45-44(50)46-40(42(49)51-2)26-31-10-5-4-6-11-31/h3-6,9-13,16-23,25,38-41,43,48H,1,7-8,14-15,24,26-30H2,2H3,(H2,45,46,50)/t39-,40+,41+,43+/m1/s1. The normalized spacial score (nSPS) is 19.4. The molecule has 2 aliphatic rings. The number of carbonyl (C=O) groups excluding carboxylic acids is 2. The molecule has 3 N–H and O–H groups in total. The fourth-order valence-electron chi connectivity index (χ4n) is 7.37. The Kier molecular flexibility index (Phi) is 13.5. The molecule has 4 aromatic rings. The first-order valence-corrected chi connectivity index (χ1v) is 18.6. The van der Waals surface area contributed by atoms with Crippen LogP contribution in [0, 0.1) is 0 Å². The minimum Gasteiger partial charge on any atom is -0.467 e. The van der Waals surface area contributed by atoms with E-state index >= 15 is 0 Å². The lowest BCUT2D eigenvalue weighted by Gasteiger charge is -2.39. The van der Waals surface area contributed by atoms with Gasteiger partial charge >= 0.3 is 12.0 Å². The number of amides is 2. The van der Waals surface area contributed by atoms with Gasteiger partial charge in [-0.1, -0.05) is 116 Å². The third-order valence-electron chi connectivity index (χ3n) is 10.2. The molecular weight excluding hydrogens is 666 g/mol. The number of nitrogens with one attached hydrogen (secondary N) is 2. The van der Waals surface area contributed by atoms with Crippen LogP contribution in [0.25, 0.3) is 11.1 Å². The van der Waals surface area contributed by atoms with Gasteiger partial charge in [0.25, 0.3) is 0 Å².